The second-order valence-corrected chi connectivity index (χ2v) is 3.40. The summed E-state index contributed by atoms with van der Waals surface area (Å²) in [6, 6.07) is 5.94. The smallest absolute Gasteiger partial charge is 0.432 e. The van der Waals surface area contributed by atoms with Gasteiger partial charge in [0, 0.05) is 5.39 Å². The molecule has 0 amide bonds. The molecule has 0 aliphatic heterocycles. The van der Waals surface area contributed by atoms with E-state index in [2.05, 4.69) is 9.72 Å². The molecule has 0 saturated carbocycles. The van der Waals surface area contributed by atoms with Gasteiger partial charge in [0.15, 0.2) is 5.75 Å². The van der Waals surface area contributed by atoms with E-state index in [1.165, 1.54) is 12.1 Å². The van der Waals surface area contributed by atoms with Gasteiger partial charge in [0.1, 0.15) is 11.2 Å². The number of hydrogen-bond donors (Lipinski definition) is 0. The first-order valence-electron chi connectivity index (χ1n) is 4.80. The van der Waals surface area contributed by atoms with Crippen LogP contribution in [0.15, 0.2) is 30.3 Å². The largest absolute Gasteiger partial charge is 0.433 e. The Hall–Kier alpha value is -1.92. The molecular formula is C11H6F5NO. The van der Waals surface area contributed by atoms with Crippen LogP contribution in [0.4, 0.5) is 22.0 Å². The Morgan fingerprint density at radius 3 is 2.39 bits per heavy atom. The van der Waals surface area contributed by atoms with Gasteiger partial charge in [-0.05, 0) is 12.1 Å². The zero-order valence-electron chi connectivity index (χ0n) is 8.71. The highest BCUT2D eigenvalue weighted by molar-refractivity contribution is 5.84. The topological polar surface area (TPSA) is 22.1 Å². The van der Waals surface area contributed by atoms with Crippen molar-refractivity contribution in [3.63, 3.8) is 0 Å². The molecule has 2 aromatic rings. The Morgan fingerprint density at radius 2 is 1.78 bits per heavy atom. The molecule has 0 N–H and O–H groups in total. The van der Waals surface area contributed by atoms with Crippen LogP contribution in [0.1, 0.15) is 5.69 Å². The number of para-hydroxylation sites is 1. The van der Waals surface area contributed by atoms with Crippen molar-refractivity contribution in [1.29, 1.82) is 0 Å². The van der Waals surface area contributed by atoms with Gasteiger partial charge in [-0.1, -0.05) is 18.2 Å². The highest BCUT2D eigenvalue weighted by atomic mass is 19.4. The van der Waals surface area contributed by atoms with E-state index < -0.39 is 18.5 Å². The molecule has 18 heavy (non-hydrogen) atoms. The summed E-state index contributed by atoms with van der Waals surface area (Å²) >= 11 is 0. The first-order valence-corrected chi connectivity index (χ1v) is 4.80. The predicted molar refractivity (Wildman–Crippen MR) is 53.4 cm³/mol. The molecule has 0 aliphatic carbocycles. The minimum absolute atomic E-state index is 0.243. The van der Waals surface area contributed by atoms with Crippen LogP contribution in [-0.2, 0) is 6.18 Å². The van der Waals surface area contributed by atoms with E-state index >= 15 is 0 Å². The van der Waals surface area contributed by atoms with E-state index in [4.69, 9.17) is 0 Å². The lowest BCUT2D eigenvalue weighted by Crippen LogP contribution is -2.08. The van der Waals surface area contributed by atoms with Crippen LogP contribution in [0, 0.1) is 0 Å². The normalized spacial score (nSPS) is 12.1. The van der Waals surface area contributed by atoms with Crippen LogP contribution in [0.3, 0.4) is 0 Å². The van der Waals surface area contributed by atoms with E-state index in [-0.39, 0.29) is 11.3 Å². The fourth-order valence-electron chi connectivity index (χ4n) is 1.47. The van der Waals surface area contributed by atoms with Gasteiger partial charge in [-0.3, -0.25) is 0 Å². The summed E-state index contributed by atoms with van der Waals surface area (Å²) in [6.07, 6.45) is -4.63. The lowest BCUT2D eigenvalue weighted by atomic mass is 10.2. The van der Waals surface area contributed by atoms with Gasteiger partial charge in [0.2, 0.25) is 0 Å². The minimum Gasteiger partial charge on any atom is -0.432 e. The molecular weight excluding hydrogens is 257 g/mol. The van der Waals surface area contributed by atoms with Crippen LogP contribution in [-0.4, -0.2) is 11.6 Å². The molecule has 0 saturated heterocycles. The number of fused-ring (bicyclic) bond motifs is 1. The fourth-order valence-corrected chi connectivity index (χ4v) is 1.47. The lowest BCUT2D eigenvalue weighted by molar-refractivity contribution is -0.140. The molecule has 7 heteroatoms. The number of ether oxygens (including phenoxy) is 1. The summed E-state index contributed by atoms with van der Waals surface area (Å²) < 4.78 is 65.7. The molecule has 1 aromatic heterocycles. The molecule has 0 fully saturated rings. The highest BCUT2D eigenvalue weighted by Crippen LogP contribution is 2.32. The third-order valence-corrected chi connectivity index (χ3v) is 2.19. The van der Waals surface area contributed by atoms with E-state index in [1.807, 2.05) is 0 Å². The van der Waals surface area contributed by atoms with Crippen molar-refractivity contribution in [2.24, 2.45) is 0 Å². The van der Waals surface area contributed by atoms with Crippen LogP contribution in [0.5, 0.6) is 5.75 Å². The van der Waals surface area contributed by atoms with Gasteiger partial charge < -0.3 is 4.74 Å². The number of pyridine rings is 1. The van der Waals surface area contributed by atoms with E-state index in [0.29, 0.717) is 5.39 Å². The Balaban J connectivity index is 2.58. The quantitative estimate of drug-likeness (QED) is 0.767. The maximum atomic E-state index is 12.5. The first-order chi connectivity index (χ1) is 8.38. The predicted octanol–water partition coefficient (Wildman–Crippen LogP) is 3.86. The van der Waals surface area contributed by atoms with Crippen molar-refractivity contribution in [2.45, 2.75) is 12.8 Å². The van der Waals surface area contributed by atoms with Crippen LogP contribution < -0.4 is 4.74 Å². The van der Waals surface area contributed by atoms with Gasteiger partial charge in [-0.25, -0.2) is 4.98 Å². The van der Waals surface area contributed by atoms with Crippen molar-refractivity contribution in [2.75, 3.05) is 0 Å². The molecule has 1 aromatic carbocycles. The summed E-state index contributed by atoms with van der Waals surface area (Å²) in [7, 11) is 0. The van der Waals surface area contributed by atoms with Gasteiger partial charge >= 0.3 is 12.8 Å². The standard InChI is InChI=1S/C11H6F5NO/c12-10(13)18-7-3-1-2-6-4-5-8(11(14,15)16)17-9(6)7/h1-5,10H. The third-order valence-electron chi connectivity index (χ3n) is 2.19. The Morgan fingerprint density at radius 1 is 1.06 bits per heavy atom. The summed E-state index contributed by atoms with van der Waals surface area (Å²) in [5.74, 6) is -0.381. The molecule has 2 rings (SSSR count). The van der Waals surface area contributed by atoms with Crippen molar-refractivity contribution < 1.29 is 26.7 Å². The summed E-state index contributed by atoms with van der Waals surface area (Å²) in [5.41, 5.74) is -1.40. The number of alkyl halides is 5. The third kappa shape index (κ3) is 2.49. The monoisotopic (exact) mass is 263 g/mol. The Bertz CT molecular complexity index is 567. The van der Waals surface area contributed by atoms with E-state index in [0.717, 1.165) is 18.2 Å². The Labute approximate surface area is 98.0 Å². The molecule has 1 heterocycles. The van der Waals surface area contributed by atoms with Crippen molar-refractivity contribution in [3.8, 4) is 5.75 Å². The molecule has 0 atom stereocenters. The first kappa shape index (κ1) is 12.5. The molecule has 96 valence electrons. The van der Waals surface area contributed by atoms with Crippen molar-refractivity contribution in [1.82, 2.24) is 4.98 Å². The average Bonchev–Trinajstić information content (AvgIpc) is 2.27. The molecule has 0 spiro atoms. The minimum atomic E-state index is -4.63. The van der Waals surface area contributed by atoms with E-state index in [9.17, 15) is 22.0 Å². The second kappa shape index (κ2) is 4.40. The lowest BCUT2D eigenvalue weighted by Gasteiger charge is -2.10. The number of rotatable bonds is 2. The van der Waals surface area contributed by atoms with Gasteiger partial charge in [-0.2, -0.15) is 22.0 Å². The Kier molecular flexibility index (Phi) is 3.06. The van der Waals surface area contributed by atoms with Crippen molar-refractivity contribution >= 4 is 10.9 Å². The number of hydrogen-bond acceptors (Lipinski definition) is 2. The summed E-state index contributed by atoms with van der Waals surface area (Å²) in [5, 5.41) is 0.293. The molecule has 0 unspecified atom stereocenters. The van der Waals surface area contributed by atoms with E-state index in [1.54, 1.807) is 0 Å². The summed E-state index contributed by atoms with van der Waals surface area (Å²) in [6.45, 7) is -3.12. The highest BCUT2D eigenvalue weighted by Gasteiger charge is 2.32. The zero-order valence-corrected chi connectivity index (χ0v) is 8.71. The molecule has 0 aliphatic rings. The second-order valence-electron chi connectivity index (χ2n) is 3.40. The summed E-state index contributed by atoms with van der Waals surface area (Å²) in [4.78, 5) is 3.32. The number of aromatic nitrogens is 1. The maximum Gasteiger partial charge on any atom is 0.433 e. The SMILES string of the molecule is FC(F)Oc1cccc2ccc(C(F)(F)F)nc12. The number of nitrogens with zero attached hydrogens (tertiary/aromatic N) is 1. The molecule has 2 nitrogen and oxygen atoms in total. The van der Waals surface area contributed by atoms with Gasteiger partial charge in [0.05, 0.1) is 0 Å². The van der Waals surface area contributed by atoms with Gasteiger partial charge in [-0.15, -0.1) is 0 Å². The van der Waals surface area contributed by atoms with Crippen molar-refractivity contribution in [3.05, 3.63) is 36.0 Å². The molecule has 0 bridgehead atoms. The fraction of sp³-hybridized carbons (Fsp3) is 0.182. The molecule has 0 radical (unpaired) electrons. The average molecular weight is 263 g/mol. The van der Waals surface area contributed by atoms with Crippen LogP contribution in [0.25, 0.3) is 10.9 Å². The maximum absolute atomic E-state index is 12.5. The zero-order chi connectivity index (χ0) is 13.3. The van der Waals surface area contributed by atoms with Crippen LogP contribution in [0.2, 0.25) is 0 Å². The van der Waals surface area contributed by atoms with Gasteiger partial charge in [0.25, 0.3) is 0 Å². The number of halogens is 5. The van der Waals surface area contributed by atoms with Crippen LogP contribution >= 0.6 is 0 Å². The number of benzene rings is 1.